The van der Waals surface area contributed by atoms with Gasteiger partial charge in [0, 0.05) is 6.07 Å². The molecule has 62 valence electrons. The average molecular weight is 203 g/mol. The normalized spacial score (nSPS) is 12.3. The van der Waals surface area contributed by atoms with Crippen molar-refractivity contribution in [3.8, 4) is 0 Å². The molecule has 0 saturated carbocycles. The Hall–Kier alpha value is -0.670. The second kappa shape index (κ2) is 2.99. The molecule has 2 rings (SSSR count). The maximum atomic E-state index is 13.4. The van der Waals surface area contributed by atoms with Gasteiger partial charge in [0.05, 0.1) is 3.89 Å². The van der Waals surface area contributed by atoms with Crippen molar-refractivity contribution >= 4 is 32.7 Å². The molecule has 0 aliphatic carbocycles. The zero-order valence-electron chi connectivity index (χ0n) is 6.13. The molecule has 2 aromatic rings. The second-order valence-corrected chi connectivity index (χ2v) is 4.05. The van der Waals surface area contributed by atoms with Crippen molar-refractivity contribution in [2.75, 3.05) is 0 Å². The van der Waals surface area contributed by atoms with E-state index in [9.17, 15) is 3.89 Å². The molecule has 4 heteroatoms. The lowest BCUT2D eigenvalue weighted by molar-refractivity contribution is 0.911. The highest BCUT2D eigenvalue weighted by molar-refractivity contribution is 7.32. The third-order valence-electron chi connectivity index (χ3n) is 1.62. The van der Waals surface area contributed by atoms with Crippen LogP contribution in [0.1, 0.15) is 5.01 Å². The molecular weight excluding hydrogens is 197 g/mol. The molecule has 0 saturated heterocycles. The van der Waals surface area contributed by atoms with E-state index < -0.39 is 10.9 Å². The van der Waals surface area contributed by atoms with Gasteiger partial charge >= 0.3 is 5.01 Å². The van der Waals surface area contributed by atoms with Gasteiger partial charge in [0.2, 0.25) is 15.6 Å². The Morgan fingerprint density at radius 2 is 2.17 bits per heavy atom. The van der Waals surface area contributed by atoms with Crippen LogP contribution in [-0.4, -0.2) is 4.98 Å². The van der Waals surface area contributed by atoms with Crippen LogP contribution in [0.5, 0.6) is 0 Å². The number of hydrogen-bond donors (Lipinski definition) is 0. The summed E-state index contributed by atoms with van der Waals surface area (Å²) in [5.41, 5.74) is 0.721. The molecule has 12 heavy (non-hydrogen) atoms. The highest BCUT2D eigenvalue weighted by atomic mass is 35.5. The average Bonchev–Trinajstić information content (AvgIpc) is 2.44. The van der Waals surface area contributed by atoms with Crippen LogP contribution in [-0.2, 0) is 5.88 Å². The summed E-state index contributed by atoms with van der Waals surface area (Å²) in [5.74, 6) is 0.175. The molecule has 1 unspecified atom stereocenters. The van der Waals surface area contributed by atoms with Crippen LogP contribution in [0.3, 0.4) is 0 Å². The summed E-state index contributed by atoms with van der Waals surface area (Å²) in [7, 11) is -1.37. The number of benzene rings is 1. The smallest absolute Gasteiger partial charge is 0.192 e. The molecular formula is C8H6ClFNS+. The fraction of sp³-hybridized carbons (Fsp3) is 0.125. The first-order valence-corrected chi connectivity index (χ1v) is 5.12. The van der Waals surface area contributed by atoms with Gasteiger partial charge in [0.1, 0.15) is 11.4 Å². The van der Waals surface area contributed by atoms with E-state index in [4.69, 9.17) is 11.6 Å². The van der Waals surface area contributed by atoms with Crippen molar-refractivity contribution in [3.05, 3.63) is 29.3 Å². The first-order valence-electron chi connectivity index (χ1n) is 3.46. The quantitative estimate of drug-likeness (QED) is 0.510. The minimum absolute atomic E-state index is 0.175. The zero-order chi connectivity index (χ0) is 8.55. The van der Waals surface area contributed by atoms with Crippen LogP contribution < -0.4 is 0 Å². The molecule has 1 aromatic carbocycles. The van der Waals surface area contributed by atoms with Gasteiger partial charge in [-0.15, -0.1) is 11.6 Å². The number of hydrogen-bond acceptors (Lipinski definition) is 1. The fourth-order valence-electron chi connectivity index (χ4n) is 1.08. The number of rotatable bonds is 1. The van der Waals surface area contributed by atoms with Crippen LogP contribution in [0.25, 0.3) is 10.2 Å². The van der Waals surface area contributed by atoms with E-state index in [1.807, 2.05) is 12.1 Å². The zero-order valence-corrected chi connectivity index (χ0v) is 7.70. The molecule has 1 heterocycles. The van der Waals surface area contributed by atoms with Gasteiger partial charge in [0.15, 0.2) is 0 Å². The molecule has 0 amide bonds. The Morgan fingerprint density at radius 1 is 1.42 bits per heavy atom. The predicted octanol–water partition coefficient (Wildman–Crippen LogP) is 3.46. The van der Waals surface area contributed by atoms with E-state index in [1.165, 1.54) is 0 Å². The Labute approximate surface area is 77.1 Å². The molecule has 1 atom stereocenters. The van der Waals surface area contributed by atoms with Crippen LogP contribution in [0.2, 0.25) is 0 Å². The summed E-state index contributed by atoms with van der Waals surface area (Å²) in [6.45, 7) is 0. The topological polar surface area (TPSA) is 12.9 Å². The summed E-state index contributed by atoms with van der Waals surface area (Å²) >= 11 is 5.53. The van der Waals surface area contributed by atoms with Gasteiger partial charge in [-0.05, 0) is 6.07 Å². The van der Waals surface area contributed by atoms with Gasteiger partial charge in [-0.25, -0.2) is 0 Å². The number of halogens is 2. The lowest BCUT2D eigenvalue weighted by atomic mass is 10.3. The molecule has 0 N–H and O–H groups in total. The molecule has 0 fully saturated rings. The summed E-state index contributed by atoms with van der Waals surface area (Å²) in [6, 6.07) is 7.21. The molecule has 1 nitrogen and oxygen atoms in total. The van der Waals surface area contributed by atoms with Crippen LogP contribution >= 0.6 is 22.5 Å². The molecule has 0 radical (unpaired) electrons. The largest absolute Gasteiger partial charge is 0.301 e. The number of thiazole rings is 1. The van der Waals surface area contributed by atoms with Crippen LogP contribution in [0.15, 0.2) is 24.3 Å². The second-order valence-electron chi connectivity index (χ2n) is 2.36. The van der Waals surface area contributed by atoms with Crippen molar-refractivity contribution in [2.45, 2.75) is 5.88 Å². The minimum atomic E-state index is -1.37. The van der Waals surface area contributed by atoms with E-state index in [0.29, 0.717) is 9.71 Å². The van der Waals surface area contributed by atoms with Gasteiger partial charge in [-0.3, -0.25) is 0 Å². The van der Waals surface area contributed by atoms with Crippen molar-refractivity contribution in [1.29, 1.82) is 0 Å². The molecule has 0 aliphatic rings. The third-order valence-corrected chi connectivity index (χ3v) is 3.42. The first kappa shape index (κ1) is 7.95. The lowest BCUT2D eigenvalue weighted by Gasteiger charge is -1.75. The molecule has 1 aromatic heterocycles. The summed E-state index contributed by atoms with van der Waals surface area (Å²) in [6.07, 6.45) is 0. The van der Waals surface area contributed by atoms with E-state index >= 15 is 0 Å². The molecule has 0 aliphatic heterocycles. The standard InChI is InChI=1S/C8H6ClFNS/c9-5-8-11-6-3-1-2-4-7(6)12(8)10/h1-4H,5H2/q+1. The highest BCUT2D eigenvalue weighted by Gasteiger charge is 2.22. The van der Waals surface area contributed by atoms with Crippen LogP contribution in [0, 0.1) is 0 Å². The maximum Gasteiger partial charge on any atom is 0.301 e. The van der Waals surface area contributed by atoms with Crippen molar-refractivity contribution < 1.29 is 3.89 Å². The van der Waals surface area contributed by atoms with E-state index in [1.54, 1.807) is 12.1 Å². The predicted molar refractivity (Wildman–Crippen MR) is 50.3 cm³/mol. The number of fused-ring (bicyclic) bond motifs is 1. The molecule has 0 spiro atoms. The minimum Gasteiger partial charge on any atom is -0.192 e. The maximum absolute atomic E-state index is 13.4. The Morgan fingerprint density at radius 3 is 2.83 bits per heavy atom. The molecule has 0 bridgehead atoms. The summed E-state index contributed by atoms with van der Waals surface area (Å²) in [4.78, 5) is 4.07. The monoisotopic (exact) mass is 202 g/mol. The summed E-state index contributed by atoms with van der Waals surface area (Å²) in [5, 5.41) is 0.442. The van der Waals surface area contributed by atoms with E-state index in [2.05, 4.69) is 4.98 Å². The van der Waals surface area contributed by atoms with E-state index in [-0.39, 0.29) is 5.88 Å². The van der Waals surface area contributed by atoms with Crippen molar-refractivity contribution in [1.82, 2.24) is 4.98 Å². The Balaban J connectivity index is 2.78. The van der Waals surface area contributed by atoms with Gasteiger partial charge < -0.3 is 0 Å². The number of alkyl halides is 1. The number of para-hydroxylation sites is 1. The first-order chi connectivity index (χ1) is 5.83. The van der Waals surface area contributed by atoms with Crippen molar-refractivity contribution in [3.63, 3.8) is 0 Å². The SMILES string of the molecule is F[s+]1c(CCl)nc2ccccc21. The van der Waals surface area contributed by atoms with Crippen molar-refractivity contribution in [2.24, 2.45) is 0 Å². The highest BCUT2D eigenvalue weighted by Crippen LogP contribution is 2.35. The number of nitrogens with zero attached hydrogens (tertiary/aromatic N) is 1. The van der Waals surface area contributed by atoms with Crippen LogP contribution in [0.4, 0.5) is 3.89 Å². The lowest BCUT2D eigenvalue weighted by Crippen LogP contribution is -1.72. The van der Waals surface area contributed by atoms with Gasteiger partial charge in [-0.1, -0.05) is 12.1 Å². The Kier molecular flexibility index (Phi) is 1.98. The number of aromatic nitrogens is 1. The Bertz CT molecular complexity index is 412. The fourth-order valence-corrected chi connectivity index (χ4v) is 2.45. The summed E-state index contributed by atoms with van der Waals surface area (Å²) < 4.78 is 14.1. The van der Waals surface area contributed by atoms with E-state index in [0.717, 1.165) is 5.52 Å². The van der Waals surface area contributed by atoms with Gasteiger partial charge in [-0.2, -0.15) is 4.98 Å². The third kappa shape index (κ3) is 1.09. The van der Waals surface area contributed by atoms with Gasteiger partial charge in [0.25, 0.3) is 0 Å².